The number of nitrogen functional groups attached to an aromatic ring is 1. The van der Waals surface area contributed by atoms with E-state index >= 15 is 0 Å². The quantitative estimate of drug-likeness (QED) is 0.424. The van der Waals surface area contributed by atoms with Crippen LogP contribution in [0.25, 0.3) is 0 Å². The number of hydrogen-bond acceptors (Lipinski definition) is 7. The minimum Gasteiger partial charge on any atom is -0.396 e. The molecule has 4 rings (SSSR count). The summed E-state index contributed by atoms with van der Waals surface area (Å²) in [4.78, 5) is 38.1. The molecule has 0 unspecified atom stereocenters. The van der Waals surface area contributed by atoms with Crippen LogP contribution in [0.15, 0.2) is 59.4 Å². The van der Waals surface area contributed by atoms with E-state index in [2.05, 4.69) is 34.0 Å². The number of carbonyl (C=O) groups excluding carboxylic acids is 2. The number of amides is 3. The van der Waals surface area contributed by atoms with Gasteiger partial charge in [-0.25, -0.2) is 4.79 Å². The first-order valence-electron chi connectivity index (χ1n) is 12.5. The fraction of sp³-hybridized carbons (Fsp3) is 0.370. The molecule has 0 saturated carbocycles. The number of rotatable bonds is 10. The minimum absolute atomic E-state index is 0.103. The molecular weight excluding hydrogens is 486 g/mol. The summed E-state index contributed by atoms with van der Waals surface area (Å²) >= 11 is 1.49. The first kappa shape index (κ1) is 26.6. The second-order valence-corrected chi connectivity index (χ2v) is 10.1. The standard InChI is InChI=1S/C27H35N7O2S/c1-31-11-13-32(14-12-31)15-16-33(18-22-7-8-24(26(29)35)30-17-22)27(36)34(25-20-37-19-23(25)28)10-9-21-5-3-2-4-6-21/h2-8,17,19-20H,9-16,18,28H2,1H3,(H2,29,35). The third-order valence-electron chi connectivity index (χ3n) is 6.66. The number of likely N-dealkylation sites (N-methyl/N-ethyl adjacent to an activating group) is 1. The predicted octanol–water partition coefficient (Wildman–Crippen LogP) is 2.74. The Labute approximate surface area is 222 Å². The lowest BCUT2D eigenvalue weighted by Gasteiger charge is -2.35. The van der Waals surface area contributed by atoms with Crippen LogP contribution < -0.4 is 16.4 Å². The lowest BCUT2D eigenvalue weighted by molar-refractivity contribution is 0.0995. The third-order valence-corrected chi connectivity index (χ3v) is 7.41. The largest absolute Gasteiger partial charge is 0.396 e. The van der Waals surface area contributed by atoms with Crippen molar-refractivity contribution in [2.45, 2.75) is 13.0 Å². The summed E-state index contributed by atoms with van der Waals surface area (Å²) in [5, 5.41) is 3.79. The molecule has 1 aliphatic rings. The number of piperazine rings is 1. The summed E-state index contributed by atoms with van der Waals surface area (Å²) in [5.74, 6) is -0.574. The minimum atomic E-state index is -0.574. The molecule has 0 aliphatic carbocycles. The lowest BCUT2D eigenvalue weighted by atomic mass is 10.1. The second kappa shape index (κ2) is 12.7. The van der Waals surface area contributed by atoms with Crippen molar-refractivity contribution >= 4 is 34.6 Å². The Kier molecular flexibility index (Phi) is 9.10. The van der Waals surface area contributed by atoms with Crippen molar-refractivity contribution in [1.29, 1.82) is 0 Å². The van der Waals surface area contributed by atoms with E-state index in [0.717, 1.165) is 49.5 Å². The van der Waals surface area contributed by atoms with E-state index in [4.69, 9.17) is 11.5 Å². The van der Waals surface area contributed by atoms with E-state index in [1.54, 1.807) is 23.2 Å². The Balaban J connectivity index is 1.55. The molecule has 0 spiro atoms. The van der Waals surface area contributed by atoms with Gasteiger partial charge >= 0.3 is 6.03 Å². The summed E-state index contributed by atoms with van der Waals surface area (Å²) in [5.41, 5.74) is 15.2. The summed E-state index contributed by atoms with van der Waals surface area (Å²) in [7, 11) is 2.13. The number of aromatic nitrogens is 1. The van der Waals surface area contributed by atoms with Crippen molar-refractivity contribution in [3.63, 3.8) is 0 Å². The van der Waals surface area contributed by atoms with E-state index in [-0.39, 0.29) is 11.7 Å². The Morgan fingerprint density at radius 1 is 1.00 bits per heavy atom. The van der Waals surface area contributed by atoms with Crippen LogP contribution in [-0.4, -0.2) is 84.5 Å². The van der Waals surface area contributed by atoms with Gasteiger partial charge in [0.15, 0.2) is 0 Å². The number of hydrogen-bond donors (Lipinski definition) is 2. The number of pyridine rings is 1. The number of benzene rings is 1. The molecule has 10 heteroatoms. The maximum absolute atomic E-state index is 14.1. The molecule has 0 atom stereocenters. The number of anilines is 2. The summed E-state index contributed by atoms with van der Waals surface area (Å²) in [6.07, 6.45) is 2.33. The van der Waals surface area contributed by atoms with Gasteiger partial charge in [-0.3, -0.25) is 19.6 Å². The van der Waals surface area contributed by atoms with Crippen molar-refractivity contribution in [1.82, 2.24) is 19.7 Å². The smallest absolute Gasteiger partial charge is 0.324 e. The average Bonchev–Trinajstić information content (AvgIpc) is 3.33. The van der Waals surface area contributed by atoms with Crippen molar-refractivity contribution < 1.29 is 9.59 Å². The fourth-order valence-electron chi connectivity index (χ4n) is 4.36. The Morgan fingerprint density at radius 3 is 2.38 bits per heavy atom. The molecule has 196 valence electrons. The molecule has 3 amide bonds. The first-order valence-corrected chi connectivity index (χ1v) is 13.4. The van der Waals surface area contributed by atoms with Gasteiger partial charge in [0.2, 0.25) is 0 Å². The van der Waals surface area contributed by atoms with Gasteiger partial charge in [-0.15, -0.1) is 11.3 Å². The zero-order valence-electron chi connectivity index (χ0n) is 21.3. The summed E-state index contributed by atoms with van der Waals surface area (Å²) < 4.78 is 0. The van der Waals surface area contributed by atoms with Crippen LogP contribution in [0.4, 0.5) is 16.2 Å². The Hall–Kier alpha value is -3.47. The number of primary amides is 1. The van der Waals surface area contributed by atoms with Gasteiger partial charge in [-0.1, -0.05) is 36.4 Å². The van der Waals surface area contributed by atoms with Gasteiger partial charge in [0.05, 0.1) is 11.4 Å². The molecule has 4 N–H and O–H groups in total. The van der Waals surface area contributed by atoms with Crippen LogP contribution in [0.3, 0.4) is 0 Å². The molecular formula is C27H35N7O2S. The van der Waals surface area contributed by atoms with Crippen molar-refractivity contribution in [2.24, 2.45) is 5.73 Å². The molecule has 9 nitrogen and oxygen atoms in total. The van der Waals surface area contributed by atoms with Gasteiger partial charge in [-0.2, -0.15) is 0 Å². The van der Waals surface area contributed by atoms with E-state index in [9.17, 15) is 9.59 Å². The molecule has 2 aromatic heterocycles. The maximum Gasteiger partial charge on any atom is 0.324 e. The molecule has 0 radical (unpaired) electrons. The van der Waals surface area contributed by atoms with Crippen LogP contribution in [0, 0.1) is 0 Å². The van der Waals surface area contributed by atoms with E-state index in [1.165, 1.54) is 11.3 Å². The van der Waals surface area contributed by atoms with Crippen LogP contribution in [0.5, 0.6) is 0 Å². The average molecular weight is 522 g/mol. The molecule has 1 fully saturated rings. The van der Waals surface area contributed by atoms with Gasteiger partial charge in [0.25, 0.3) is 5.91 Å². The van der Waals surface area contributed by atoms with Crippen molar-refractivity contribution in [3.05, 3.63) is 76.2 Å². The highest BCUT2D eigenvalue weighted by Gasteiger charge is 2.26. The highest BCUT2D eigenvalue weighted by molar-refractivity contribution is 7.09. The number of nitrogens with two attached hydrogens (primary N) is 2. The zero-order valence-corrected chi connectivity index (χ0v) is 22.1. The monoisotopic (exact) mass is 521 g/mol. The SMILES string of the molecule is CN1CCN(CCN(Cc2ccc(C(N)=O)nc2)C(=O)N(CCc2ccccc2)c2cscc2N)CC1. The summed E-state index contributed by atoms with van der Waals surface area (Å²) in [6.45, 7) is 6.19. The van der Waals surface area contributed by atoms with Crippen molar-refractivity contribution in [2.75, 3.05) is 63.5 Å². The number of nitrogens with zero attached hydrogens (tertiary/aromatic N) is 5. The molecule has 3 heterocycles. The normalized spacial score (nSPS) is 14.4. The van der Waals surface area contributed by atoms with Crippen LogP contribution >= 0.6 is 11.3 Å². The van der Waals surface area contributed by atoms with E-state index in [0.29, 0.717) is 31.7 Å². The van der Waals surface area contributed by atoms with Gasteiger partial charge in [0, 0.05) is 69.3 Å². The third kappa shape index (κ3) is 7.28. The topological polar surface area (TPSA) is 112 Å². The summed E-state index contributed by atoms with van der Waals surface area (Å²) in [6, 6.07) is 13.4. The van der Waals surface area contributed by atoms with Crippen LogP contribution in [-0.2, 0) is 13.0 Å². The molecule has 1 aromatic carbocycles. The van der Waals surface area contributed by atoms with Gasteiger partial charge in [-0.05, 0) is 30.7 Å². The van der Waals surface area contributed by atoms with Crippen LogP contribution in [0.2, 0.25) is 0 Å². The molecule has 1 aliphatic heterocycles. The number of carbonyl (C=O) groups is 2. The van der Waals surface area contributed by atoms with Crippen LogP contribution in [0.1, 0.15) is 21.6 Å². The van der Waals surface area contributed by atoms with E-state index in [1.807, 2.05) is 33.9 Å². The predicted molar refractivity (Wildman–Crippen MR) is 149 cm³/mol. The Morgan fingerprint density at radius 2 is 1.76 bits per heavy atom. The first-order chi connectivity index (χ1) is 17.9. The maximum atomic E-state index is 14.1. The van der Waals surface area contributed by atoms with Crippen molar-refractivity contribution in [3.8, 4) is 0 Å². The van der Waals surface area contributed by atoms with Gasteiger partial charge < -0.3 is 21.3 Å². The zero-order chi connectivity index (χ0) is 26.2. The molecule has 0 bridgehead atoms. The fourth-order valence-corrected chi connectivity index (χ4v) is 5.08. The Bertz CT molecular complexity index is 1160. The van der Waals surface area contributed by atoms with Gasteiger partial charge in [0.1, 0.15) is 5.69 Å². The second-order valence-electron chi connectivity index (χ2n) is 9.36. The molecule has 1 saturated heterocycles. The lowest BCUT2D eigenvalue weighted by Crippen LogP contribution is -2.50. The molecule has 3 aromatic rings. The number of urea groups is 1. The highest BCUT2D eigenvalue weighted by atomic mass is 32.1. The van der Waals surface area contributed by atoms with E-state index < -0.39 is 5.91 Å². The number of thiophene rings is 1. The highest BCUT2D eigenvalue weighted by Crippen LogP contribution is 2.29. The molecule has 37 heavy (non-hydrogen) atoms.